The van der Waals surface area contributed by atoms with E-state index >= 15 is 0 Å². The lowest BCUT2D eigenvalue weighted by Gasteiger charge is -1.71. The van der Waals surface area contributed by atoms with E-state index in [1.807, 2.05) is 38.2 Å². The minimum absolute atomic E-state index is 0.00162. The molecule has 0 aliphatic rings. The van der Waals surface area contributed by atoms with Gasteiger partial charge in [0.15, 0.2) is 0 Å². The van der Waals surface area contributed by atoms with E-state index < -0.39 is 0 Å². The predicted octanol–water partition coefficient (Wildman–Crippen LogP) is 0.593. The first kappa shape index (κ1) is 9.00. The van der Waals surface area contributed by atoms with Crippen molar-refractivity contribution in [2.75, 3.05) is 0 Å². The lowest BCUT2D eigenvalue weighted by molar-refractivity contribution is 1.37. The SMILES string of the molecule is C\C=C/C=c1/s[nH]c(=O)/c1=C/C. The lowest BCUT2D eigenvalue weighted by atomic mass is 10.4. The van der Waals surface area contributed by atoms with Crippen molar-refractivity contribution in [3.05, 3.63) is 32.3 Å². The molecule has 0 saturated heterocycles. The average molecular weight is 181 g/mol. The van der Waals surface area contributed by atoms with E-state index in [4.69, 9.17) is 0 Å². The standard InChI is InChI=1S/C9H11NOS/c1-3-5-6-8-7(4-2)9(11)10-12-8/h3-6H,1-2H3,(H,10,11)/b5-3-,7-4+,8-6+. The van der Waals surface area contributed by atoms with Gasteiger partial charge in [-0.3, -0.25) is 9.17 Å². The van der Waals surface area contributed by atoms with Crippen LogP contribution in [0.1, 0.15) is 13.8 Å². The highest BCUT2D eigenvalue weighted by molar-refractivity contribution is 7.03. The van der Waals surface area contributed by atoms with Crippen molar-refractivity contribution in [1.82, 2.24) is 4.37 Å². The van der Waals surface area contributed by atoms with Crippen LogP contribution in [-0.2, 0) is 0 Å². The minimum atomic E-state index is -0.00162. The van der Waals surface area contributed by atoms with Gasteiger partial charge in [-0.15, -0.1) is 0 Å². The van der Waals surface area contributed by atoms with Crippen molar-refractivity contribution in [1.29, 1.82) is 0 Å². The summed E-state index contributed by atoms with van der Waals surface area (Å²) in [5.41, 5.74) is -0.00162. The summed E-state index contributed by atoms with van der Waals surface area (Å²) in [6, 6.07) is 0. The van der Waals surface area contributed by atoms with Crippen LogP contribution in [0.4, 0.5) is 0 Å². The second-order valence-corrected chi connectivity index (χ2v) is 3.14. The Morgan fingerprint density at radius 1 is 1.42 bits per heavy atom. The fraction of sp³-hybridized carbons (Fsp3) is 0.222. The first-order valence-corrected chi connectivity index (χ1v) is 4.58. The number of H-pyrrole nitrogens is 1. The summed E-state index contributed by atoms with van der Waals surface area (Å²) in [5.74, 6) is 0. The highest BCUT2D eigenvalue weighted by atomic mass is 32.1. The third-order valence-corrected chi connectivity index (χ3v) is 2.36. The molecule has 1 aromatic rings. The Balaban J connectivity index is 3.46. The summed E-state index contributed by atoms with van der Waals surface area (Å²) < 4.78 is 3.67. The van der Waals surface area contributed by atoms with Gasteiger partial charge in [0.1, 0.15) is 0 Å². The van der Waals surface area contributed by atoms with Gasteiger partial charge < -0.3 is 0 Å². The van der Waals surface area contributed by atoms with E-state index in [-0.39, 0.29) is 5.56 Å². The van der Waals surface area contributed by atoms with Crippen molar-refractivity contribution in [2.45, 2.75) is 13.8 Å². The Morgan fingerprint density at radius 3 is 2.75 bits per heavy atom. The summed E-state index contributed by atoms with van der Waals surface area (Å²) in [6.07, 6.45) is 7.61. The van der Waals surface area contributed by atoms with E-state index in [1.54, 1.807) is 0 Å². The summed E-state index contributed by atoms with van der Waals surface area (Å²) in [7, 11) is 0. The van der Waals surface area contributed by atoms with Gasteiger partial charge in [-0.1, -0.05) is 29.8 Å². The van der Waals surface area contributed by atoms with Gasteiger partial charge in [0.05, 0.1) is 9.75 Å². The van der Waals surface area contributed by atoms with E-state index in [9.17, 15) is 4.79 Å². The molecule has 64 valence electrons. The maximum absolute atomic E-state index is 11.1. The molecule has 1 heterocycles. The number of allylic oxidation sites excluding steroid dienone is 2. The Hall–Kier alpha value is -1.09. The first-order valence-electron chi connectivity index (χ1n) is 3.76. The molecule has 0 radical (unpaired) electrons. The number of aromatic nitrogens is 1. The lowest BCUT2D eigenvalue weighted by Crippen LogP contribution is -2.31. The summed E-state index contributed by atoms with van der Waals surface area (Å²) in [6.45, 7) is 3.81. The van der Waals surface area contributed by atoms with Crippen LogP contribution in [0.3, 0.4) is 0 Å². The molecule has 0 amide bonds. The highest BCUT2D eigenvalue weighted by Crippen LogP contribution is 1.73. The molecule has 0 aliphatic carbocycles. The Bertz CT molecular complexity index is 436. The van der Waals surface area contributed by atoms with Crippen molar-refractivity contribution in [3.63, 3.8) is 0 Å². The average Bonchev–Trinajstić information content (AvgIpc) is 2.43. The quantitative estimate of drug-likeness (QED) is 0.676. The second-order valence-electron chi connectivity index (χ2n) is 2.29. The molecular formula is C9H11NOS. The predicted molar refractivity (Wildman–Crippen MR) is 53.6 cm³/mol. The number of hydrogen-bond donors (Lipinski definition) is 1. The van der Waals surface area contributed by atoms with E-state index in [0.29, 0.717) is 0 Å². The molecular weight excluding hydrogens is 170 g/mol. The van der Waals surface area contributed by atoms with Gasteiger partial charge in [-0.25, -0.2) is 0 Å². The Labute approximate surface area is 74.7 Å². The van der Waals surface area contributed by atoms with Crippen molar-refractivity contribution < 1.29 is 0 Å². The van der Waals surface area contributed by atoms with Crippen LogP contribution in [-0.4, -0.2) is 4.37 Å². The Kier molecular flexibility index (Phi) is 3.05. The second kappa shape index (κ2) is 4.07. The van der Waals surface area contributed by atoms with Gasteiger partial charge in [0.25, 0.3) is 5.56 Å². The van der Waals surface area contributed by atoms with Gasteiger partial charge in [0, 0.05) is 0 Å². The van der Waals surface area contributed by atoms with Crippen LogP contribution >= 0.6 is 11.5 Å². The van der Waals surface area contributed by atoms with E-state index in [0.717, 1.165) is 9.75 Å². The van der Waals surface area contributed by atoms with Gasteiger partial charge in [0.2, 0.25) is 0 Å². The van der Waals surface area contributed by atoms with Crippen molar-refractivity contribution in [3.8, 4) is 0 Å². The van der Waals surface area contributed by atoms with Crippen LogP contribution in [0.2, 0.25) is 0 Å². The molecule has 0 aromatic carbocycles. The number of rotatable bonds is 1. The number of nitrogens with one attached hydrogen (secondary N) is 1. The zero-order valence-electron chi connectivity index (χ0n) is 7.13. The van der Waals surface area contributed by atoms with Crippen molar-refractivity contribution in [2.24, 2.45) is 0 Å². The summed E-state index contributed by atoms with van der Waals surface area (Å²) in [4.78, 5) is 11.1. The van der Waals surface area contributed by atoms with Crippen LogP contribution in [0.5, 0.6) is 0 Å². The third-order valence-electron chi connectivity index (χ3n) is 1.49. The molecule has 1 N–H and O–H groups in total. The molecule has 0 aliphatic heterocycles. The summed E-state index contributed by atoms with van der Waals surface area (Å²) >= 11 is 1.37. The van der Waals surface area contributed by atoms with Crippen LogP contribution in [0.25, 0.3) is 12.2 Å². The van der Waals surface area contributed by atoms with E-state index in [1.165, 1.54) is 11.5 Å². The largest absolute Gasteiger partial charge is 0.277 e. The van der Waals surface area contributed by atoms with Gasteiger partial charge >= 0.3 is 0 Å². The molecule has 0 bridgehead atoms. The Morgan fingerprint density at radius 2 is 2.17 bits per heavy atom. The molecule has 0 fully saturated rings. The smallest absolute Gasteiger partial charge is 0.265 e. The molecule has 1 rings (SSSR count). The fourth-order valence-electron chi connectivity index (χ4n) is 0.904. The van der Waals surface area contributed by atoms with Crippen LogP contribution in [0, 0.1) is 0 Å². The minimum Gasteiger partial charge on any atom is -0.277 e. The van der Waals surface area contributed by atoms with Gasteiger partial charge in [-0.2, -0.15) is 0 Å². The number of hydrogen-bond acceptors (Lipinski definition) is 2. The third kappa shape index (κ3) is 1.74. The molecule has 1 aromatic heterocycles. The molecule has 0 spiro atoms. The summed E-state index contributed by atoms with van der Waals surface area (Å²) in [5, 5.41) is 0.762. The molecule has 0 unspecified atom stereocenters. The zero-order valence-corrected chi connectivity index (χ0v) is 7.94. The normalized spacial score (nSPS) is 14.8. The zero-order chi connectivity index (χ0) is 8.97. The topological polar surface area (TPSA) is 32.9 Å². The van der Waals surface area contributed by atoms with E-state index in [2.05, 4.69) is 4.37 Å². The molecule has 2 nitrogen and oxygen atoms in total. The van der Waals surface area contributed by atoms with Crippen molar-refractivity contribution >= 4 is 23.7 Å². The molecule has 0 saturated carbocycles. The van der Waals surface area contributed by atoms with Crippen LogP contribution in [0.15, 0.2) is 16.9 Å². The monoisotopic (exact) mass is 181 g/mol. The molecule has 12 heavy (non-hydrogen) atoms. The fourth-order valence-corrected chi connectivity index (χ4v) is 1.68. The van der Waals surface area contributed by atoms with Crippen LogP contribution < -0.4 is 15.3 Å². The van der Waals surface area contributed by atoms with Gasteiger partial charge in [-0.05, 0) is 19.9 Å². The first-order chi connectivity index (χ1) is 5.79. The maximum Gasteiger partial charge on any atom is 0.265 e. The molecule has 3 heteroatoms. The molecule has 0 atom stereocenters. The highest BCUT2D eigenvalue weighted by Gasteiger charge is 1.90. The maximum atomic E-state index is 11.1. The number of aromatic amines is 1.